The molecule has 1 aliphatic rings. The lowest BCUT2D eigenvalue weighted by Crippen LogP contribution is -2.18. The summed E-state index contributed by atoms with van der Waals surface area (Å²) in [7, 11) is -0.918. The van der Waals surface area contributed by atoms with Crippen molar-refractivity contribution in [3.05, 3.63) is 79.1 Å². The zero-order valence-electron chi connectivity index (χ0n) is 15.2. The number of anilines is 1. The van der Waals surface area contributed by atoms with Gasteiger partial charge in [0.2, 0.25) is 0 Å². The molecule has 0 amide bonds. The SMILES string of the molecule is O=S1CCNc2cc(-c3cc(-c4ccncc4)c(-c4ccccc4)[nH]3)ccc21. The zero-order chi connectivity index (χ0) is 18.9. The molecule has 0 aliphatic carbocycles. The summed E-state index contributed by atoms with van der Waals surface area (Å²) < 4.78 is 12.2. The number of nitrogens with zero attached hydrogens (tertiary/aromatic N) is 1. The highest BCUT2D eigenvalue weighted by molar-refractivity contribution is 7.85. The van der Waals surface area contributed by atoms with Gasteiger partial charge in [0.05, 0.1) is 27.1 Å². The molecule has 4 aromatic rings. The fourth-order valence-corrected chi connectivity index (χ4v) is 4.73. The number of H-pyrrole nitrogens is 1. The molecule has 0 bridgehead atoms. The van der Waals surface area contributed by atoms with E-state index in [0.717, 1.165) is 50.8 Å². The van der Waals surface area contributed by atoms with Crippen LogP contribution in [0.25, 0.3) is 33.6 Å². The number of rotatable bonds is 3. The zero-order valence-corrected chi connectivity index (χ0v) is 16.0. The summed E-state index contributed by atoms with van der Waals surface area (Å²) in [5.41, 5.74) is 7.54. The monoisotopic (exact) mass is 385 g/mol. The van der Waals surface area contributed by atoms with Crippen LogP contribution < -0.4 is 5.32 Å². The Balaban J connectivity index is 1.65. The molecule has 2 aromatic heterocycles. The molecule has 2 aromatic carbocycles. The summed E-state index contributed by atoms with van der Waals surface area (Å²) in [6.07, 6.45) is 3.63. The van der Waals surface area contributed by atoms with Gasteiger partial charge >= 0.3 is 0 Å². The Hall–Kier alpha value is -3.18. The van der Waals surface area contributed by atoms with Gasteiger partial charge in [-0.15, -0.1) is 0 Å². The number of benzene rings is 2. The van der Waals surface area contributed by atoms with E-state index in [1.165, 1.54) is 0 Å². The Bertz CT molecular complexity index is 1100. The summed E-state index contributed by atoms with van der Waals surface area (Å²) >= 11 is 0. The normalized spacial score (nSPS) is 15.6. The first-order valence-corrected chi connectivity index (χ1v) is 10.6. The molecule has 0 saturated heterocycles. The number of aromatic nitrogens is 2. The summed E-state index contributed by atoms with van der Waals surface area (Å²) in [4.78, 5) is 8.64. The van der Waals surface area contributed by atoms with Gasteiger partial charge in [0.15, 0.2) is 0 Å². The Labute approximate surface area is 166 Å². The minimum atomic E-state index is -0.918. The summed E-state index contributed by atoms with van der Waals surface area (Å²) in [6, 6.07) is 22.7. The second-order valence-corrected chi connectivity index (χ2v) is 8.30. The van der Waals surface area contributed by atoms with Crippen LogP contribution in [0.5, 0.6) is 0 Å². The van der Waals surface area contributed by atoms with Crippen LogP contribution in [0.4, 0.5) is 5.69 Å². The van der Waals surface area contributed by atoms with Crippen LogP contribution in [0.3, 0.4) is 0 Å². The maximum atomic E-state index is 12.2. The minimum absolute atomic E-state index is 0.666. The van der Waals surface area contributed by atoms with Gasteiger partial charge in [-0.25, -0.2) is 0 Å². The largest absolute Gasteiger partial charge is 0.383 e. The van der Waals surface area contributed by atoms with E-state index in [4.69, 9.17) is 0 Å². The molecule has 0 saturated carbocycles. The van der Waals surface area contributed by atoms with E-state index < -0.39 is 10.8 Å². The standard InChI is InChI=1S/C23H19N3OS/c27-28-13-12-25-21-14-18(6-7-22(21)28)20-15-19(16-8-10-24-11-9-16)23(26-20)17-4-2-1-3-5-17/h1-11,14-15,25-26H,12-13H2. The first kappa shape index (κ1) is 17.0. The van der Waals surface area contributed by atoms with E-state index in [1.807, 2.05) is 54.9 Å². The molecule has 1 aliphatic heterocycles. The molecule has 2 N–H and O–H groups in total. The molecule has 28 heavy (non-hydrogen) atoms. The Morgan fingerprint density at radius 1 is 0.857 bits per heavy atom. The predicted molar refractivity (Wildman–Crippen MR) is 115 cm³/mol. The lowest BCUT2D eigenvalue weighted by atomic mass is 10.0. The summed E-state index contributed by atoms with van der Waals surface area (Å²) in [6.45, 7) is 0.741. The van der Waals surface area contributed by atoms with Gasteiger partial charge in [0.1, 0.15) is 0 Å². The van der Waals surface area contributed by atoms with Crippen molar-refractivity contribution in [3.8, 4) is 33.6 Å². The van der Waals surface area contributed by atoms with Gasteiger partial charge in [-0.3, -0.25) is 9.19 Å². The van der Waals surface area contributed by atoms with E-state index in [1.54, 1.807) is 0 Å². The molecule has 0 fully saturated rings. The molecule has 0 spiro atoms. The number of hydrogen-bond donors (Lipinski definition) is 2. The first-order valence-electron chi connectivity index (χ1n) is 9.25. The van der Waals surface area contributed by atoms with E-state index in [0.29, 0.717) is 5.75 Å². The third-order valence-corrected chi connectivity index (χ3v) is 6.43. The van der Waals surface area contributed by atoms with Crippen molar-refractivity contribution in [2.75, 3.05) is 17.6 Å². The highest BCUT2D eigenvalue weighted by Gasteiger charge is 2.18. The molecule has 138 valence electrons. The second-order valence-electron chi connectivity index (χ2n) is 6.76. The van der Waals surface area contributed by atoms with Gasteiger partial charge in [-0.1, -0.05) is 36.4 Å². The average molecular weight is 385 g/mol. The van der Waals surface area contributed by atoms with Gasteiger partial charge in [-0.2, -0.15) is 0 Å². The molecule has 5 heteroatoms. The molecule has 3 heterocycles. The van der Waals surface area contributed by atoms with Gasteiger partial charge < -0.3 is 10.3 Å². The van der Waals surface area contributed by atoms with Crippen molar-refractivity contribution in [2.24, 2.45) is 0 Å². The van der Waals surface area contributed by atoms with Crippen LogP contribution in [0.1, 0.15) is 0 Å². The maximum absolute atomic E-state index is 12.2. The summed E-state index contributed by atoms with van der Waals surface area (Å²) in [5.74, 6) is 0.666. The number of aromatic amines is 1. The average Bonchev–Trinajstić information content (AvgIpc) is 3.21. The lowest BCUT2D eigenvalue weighted by molar-refractivity contribution is 0.682. The van der Waals surface area contributed by atoms with Crippen LogP contribution in [0.15, 0.2) is 84.0 Å². The molecule has 1 atom stereocenters. The number of pyridine rings is 1. The van der Waals surface area contributed by atoms with E-state index >= 15 is 0 Å². The number of fused-ring (bicyclic) bond motifs is 1. The smallest absolute Gasteiger partial charge is 0.0620 e. The van der Waals surface area contributed by atoms with Gasteiger partial charge in [0, 0.05) is 41.5 Å². The molecule has 4 nitrogen and oxygen atoms in total. The van der Waals surface area contributed by atoms with Crippen LogP contribution in [-0.2, 0) is 10.8 Å². The van der Waals surface area contributed by atoms with E-state index in [-0.39, 0.29) is 0 Å². The first-order chi connectivity index (χ1) is 13.8. The van der Waals surface area contributed by atoms with Crippen molar-refractivity contribution in [1.82, 2.24) is 9.97 Å². The van der Waals surface area contributed by atoms with E-state index in [2.05, 4.69) is 39.6 Å². The van der Waals surface area contributed by atoms with Crippen LogP contribution in [-0.4, -0.2) is 26.5 Å². The van der Waals surface area contributed by atoms with Gasteiger partial charge in [-0.05, 0) is 41.5 Å². The quantitative estimate of drug-likeness (QED) is 0.525. The van der Waals surface area contributed by atoms with Crippen LogP contribution in [0, 0.1) is 0 Å². The molecular formula is C23H19N3OS. The molecular weight excluding hydrogens is 366 g/mol. The van der Waals surface area contributed by atoms with Crippen molar-refractivity contribution in [1.29, 1.82) is 0 Å². The Morgan fingerprint density at radius 2 is 1.68 bits per heavy atom. The van der Waals surface area contributed by atoms with Crippen LogP contribution in [0.2, 0.25) is 0 Å². The van der Waals surface area contributed by atoms with Crippen molar-refractivity contribution in [2.45, 2.75) is 4.90 Å². The topological polar surface area (TPSA) is 57.8 Å². The molecule has 0 radical (unpaired) electrons. The van der Waals surface area contributed by atoms with Crippen molar-refractivity contribution < 1.29 is 4.21 Å². The van der Waals surface area contributed by atoms with Crippen molar-refractivity contribution >= 4 is 16.5 Å². The van der Waals surface area contributed by atoms with Gasteiger partial charge in [0.25, 0.3) is 0 Å². The fourth-order valence-electron chi connectivity index (χ4n) is 3.62. The lowest BCUT2D eigenvalue weighted by Gasteiger charge is -2.18. The fraction of sp³-hybridized carbons (Fsp3) is 0.0870. The number of nitrogens with one attached hydrogen (secondary N) is 2. The minimum Gasteiger partial charge on any atom is -0.383 e. The van der Waals surface area contributed by atoms with Crippen LogP contribution >= 0.6 is 0 Å². The third kappa shape index (κ3) is 3.04. The second kappa shape index (κ2) is 7.09. The molecule has 5 rings (SSSR count). The number of hydrogen-bond acceptors (Lipinski definition) is 3. The highest BCUT2D eigenvalue weighted by atomic mass is 32.2. The van der Waals surface area contributed by atoms with E-state index in [9.17, 15) is 4.21 Å². The predicted octanol–water partition coefficient (Wildman–Crippen LogP) is 4.94. The third-order valence-electron chi connectivity index (χ3n) is 5.01. The van der Waals surface area contributed by atoms with Crippen molar-refractivity contribution in [3.63, 3.8) is 0 Å². The molecule has 1 unspecified atom stereocenters. The maximum Gasteiger partial charge on any atom is 0.0620 e. The Kier molecular flexibility index (Phi) is 4.29. The Morgan fingerprint density at radius 3 is 2.50 bits per heavy atom. The summed E-state index contributed by atoms with van der Waals surface area (Å²) in [5, 5.41) is 3.37. The highest BCUT2D eigenvalue weighted by Crippen LogP contribution is 2.37.